The van der Waals surface area contributed by atoms with Crippen molar-refractivity contribution in [3.05, 3.63) is 83.4 Å². The van der Waals surface area contributed by atoms with Crippen LogP contribution in [0.15, 0.2) is 60.8 Å². The molecule has 6 nitrogen and oxygen atoms in total. The highest BCUT2D eigenvalue weighted by atomic mass is 19.1. The number of fused-ring (bicyclic) bond motifs is 1. The molecule has 0 bridgehead atoms. The third-order valence-electron chi connectivity index (χ3n) is 6.50. The lowest BCUT2D eigenvalue weighted by Gasteiger charge is -2.34. The van der Waals surface area contributed by atoms with Crippen LogP contribution >= 0.6 is 0 Å². The Morgan fingerprint density at radius 3 is 2.35 bits per heavy atom. The molecule has 0 unspecified atom stereocenters. The molecule has 2 aromatic heterocycles. The Morgan fingerprint density at radius 2 is 1.65 bits per heavy atom. The second kappa shape index (κ2) is 9.35. The first kappa shape index (κ1) is 22.2. The van der Waals surface area contributed by atoms with Gasteiger partial charge in [-0.2, -0.15) is 5.10 Å². The number of aryl methyl sites for hydroxylation is 2. The summed E-state index contributed by atoms with van der Waals surface area (Å²) in [4.78, 5) is 21.8. The zero-order valence-corrected chi connectivity index (χ0v) is 19.5. The van der Waals surface area contributed by atoms with Gasteiger partial charge in [-0.1, -0.05) is 42.0 Å². The zero-order valence-electron chi connectivity index (χ0n) is 19.5. The summed E-state index contributed by atoms with van der Waals surface area (Å²) in [6.45, 7) is 7.89. The molecule has 0 radical (unpaired) electrons. The van der Waals surface area contributed by atoms with E-state index in [0.29, 0.717) is 13.1 Å². The molecule has 0 aliphatic carbocycles. The van der Waals surface area contributed by atoms with E-state index in [4.69, 9.17) is 0 Å². The minimum atomic E-state index is -0.221. The average Bonchev–Trinajstić information content (AvgIpc) is 3.17. The fraction of sp³-hybridized carbons (Fsp3) is 0.296. The smallest absolute Gasteiger partial charge is 0.244 e. The minimum Gasteiger partial charge on any atom is -0.339 e. The van der Waals surface area contributed by atoms with Crippen LogP contribution in [-0.2, 0) is 17.9 Å². The molecule has 0 N–H and O–H groups in total. The molecule has 1 fully saturated rings. The van der Waals surface area contributed by atoms with Crippen LogP contribution in [0.2, 0.25) is 0 Å². The third-order valence-corrected chi connectivity index (χ3v) is 6.50. The van der Waals surface area contributed by atoms with Crippen molar-refractivity contribution in [3.8, 4) is 11.1 Å². The summed E-state index contributed by atoms with van der Waals surface area (Å²) < 4.78 is 14.9. The first-order valence-corrected chi connectivity index (χ1v) is 11.6. The number of rotatable bonds is 5. The summed E-state index contributed by atoms with van der Waals surface area (Å²) >= 11 is 0. The van der Waals surface area contributed by atoms with Crippen LogP contribution in [0.5, 0.6) is 0 Å². The number of carbonyl (C=O) groups is 1. The van der Waals surface area contributed by atoms with Gasteiger partial charge in [0.15, 0.2) is 5.65 Å². The number of amides is 1. The van der Waals surface area contributed by atoms with E-state index in [1.807, 2.05) is 30.0 Å². The van der Waals surface area contributed by atoms with Crippen molar-refractivity contribution in [2.24, 2.45) is 0 Å². The molecule has 0 spiro atoms. The van der Waals surface area contributed by atoms with Crippen LogP contribution in [0.25, 0.3) is 22.2 Å². The monoisotopic (exact) mass is 457 g/mol. The maximum Gasteiger partial charge on any atom is 0.244 e. The standard InChI is InChI=1S/C27H28FN5O/c1-19-3-7-22(8-4-19)24-11-12-29-27-26(24)20(2)30-33(27)18-25(34)32-15-13-31(14-16-32)17-21-5-9-23(28)10-6-21/h3-12H,13-18H2,1-2H3. The van der Waals surface area contributed by atoms with Crippen molar-refractivity contribution >= 4 is 16.9 Å². The first-order valence-electron chi connectivity index (χ1n) is 11.6. The van der Waals surface area contributed by atoms with Gasteiger partial charge in [0, 0.05) is 44.3 Å². The van der Waals surface area contributed by atoms with E-state index >= 15 is 0 Å². The molecule has 3 heterocycles. The molecular weight excluding hydrogens is 429 g/mol. The lowest BCUT2D eigenvalue weighted by molar-refractivity contribution is -0.133. The van der Waals surface area contributed by atoms with Crippen molar-refractivity contribution in [3.63, 3.8) is 0 Å². The molecule has 5 rings (SSSR count). The van der Waals surface area contributed by atoms with Crippen molar-refractivity contribution in [2.75, 3.05) is 26.2 Å². The number of aromatic nitrogens is 3. The predicted molar refractivity (Wildman–Crippen MR) is 131 cm³/mol. The van der Waals surface area contributed by atoms with E-state index in [9.17, 15) is 9.18 Å². The zero-order chi connectivity index (χ0) is 23.7. The SMILES string of the molecule is Cc1ccc(-c2ccnc3c2c(C)nn3CC(=O)N2CCN(Cc3ccc(F)cc3)CC2)cc1. The number of hydrogen-bond acceptors (Lipinski definition) is 4. The second-order valence-corrected chi connectivity index (χ2v) is 8.95. The van der Waals surface area contributed by atoms with E-state index in [1.54, 1.807) is 10.9 Å². The highest BCUT2D eigenvalue weighted by Gasteiger charge is 2.23. The van der Waals surface area contributed by atoms with Crippen LogP contribution < -0.4 is 0 Å². The molecule has 1 aliphatic heterocycles. The Balaban J connectivity index is 1.27. The van der Waals surface area contributed by atoms with Gasteiger partial charge in [-0.3, -0.25) is 9.69 Å². The van der Waals surface area contributed by atoms with Crippen LogP contribution in [-0.4, -0.2) is 56.7 Å². The number of benzene rings is 2. The van der Waals surface area contributed by atoms with Gasteiger partial charge in [-0.15, -0.1) is 0 Å². The first-order chi connectivity index (χ1) is 16.5. The molecule has 34 heavy (non-hydrogen) atoms. The van der Waals surface area contributed by atoms with E-state index < -0.39 is 0 Å². The van der Waals surface area contributed by atoms with Gasteiger partial charge in [0.05, 0.1) is 5.69 Å². The highest BCUT2D eigenvalue weighted by Crippen LogP contribution is 2.30. The Morgan fingerprint density at radius 1 is 0.941 bits per heavy atom. The van der Waals surface area contributed by atoms with Gasteiger partial charge in [0.25, 0.3) is 0 Å². The topological polar surface area (TPSA) is 54.3 Å². The average molecular weight is 458 g/mol. The van der Waals surface area contributed by atoms with Crippen molar-refractivity contribution < 1.29 is 9.18 Å². The van der Waals surface area contributed by atoms with E-state index in [2.05, 4.69) is 46.2 Å². The summed E-state index contributed by atoms with van der Waals surface area (Å²) in [5.41, 5.74) is 6.09. The van der Waals surface area contributed by atoms with Gasteiger partial charge in [-0.05, 0) is 48.7 Å². The van der Waals surface area contributed by atoms with Crippen LogP contribution in [0, 0.1) is 19.7 Å². The Kier molecular flexibility index (Phi) is 6.11. The summed E-state index contributed by atoms with van der Waals surface area (Å²) in [6.07, 6.45) is 1.79. The molecule has 1 aliphatic rings. The molecule has 2 aromatic carbocycles. The van der Waals surface area contributed by atoms with Crippen molar-refractivity contribution in [1.29, 1.82) is 0 Å². The van der Waals surface area contributed by atoms with E-state index in [0.717, 1.165) is 53.1 Å². The lowest BCUT2D eigenvalue weighted by atomic mass is 10.0. The Labute approximate surface area is 198 Å². The number of halogens is 1. The molecule has 174 valence electrons. The summed E-state index contributed by atoms with van der Waals surface area (Å²) in [6, 6.07) is 17.0. The fourth-order valence-corrected chi connectivity index (χ4v) is 4.60. The molecule has 0 saturated carbocycles. The van der Waals surface area contributed by atoms with Gasteiger partial charge < -0.3 is 4.90 Å². The van der Waals surface area contributed by atoms with Crippen LogP contribution in [0.3, 0.4) is 0 Å². The molecule has 4 aromatic rings. The number of hydrogen-bond donors (Lipinski definition) is 0. The van der Waals surface area contributed by atoms with Crippen molar-refractivity contribution in [2.45, 2.75) is 26.9 Å². The minimum absolute atomic E-state index is 0.0494. The largest absolute Gasteiger partial charge is 0.339 e. The summed E-state index contributed by atoms with van der Waals surface area (Å²) in [5, 5.41) is 5.66. The maximum absolute atomic E-state index is 13.1. The highest BCUT2D eigenvalue weighted by molar-refractivity contribution is 5.95. The number of pyridine rings is 1. The van der Waals surface area contributed by atoms with E-state index in [1.165, 1.54) is 17.7 Å². The third kappa shape index (κ3) is 4.56. The normalized spacial score (nSPS) is 14.6. The van der Waals surface area contributed by atoms with Gasteiger partial charge >= 0.3 is 0 Å². The molecule has 7 heteroatoms. The molecule has 1 saturated heterocycles. The lowest BCUT2D eigenvalue weighted by Crippen LogP contribution is -2.49. The second-order valence-electron chi connectivity index (χ2n) is 8.95. The predicted octanol–water partition coefficient (Wildman–Crippen LogP) is 4.20. The molecule has 0 atom stereocenters. The molecule has 1 amide bonds. The number of nitrogens with zero attached hydrogens (tertiary/aromatic N) is 5. The fourth-order valence-electron chi connectivity index (χ4n) is 4.60. The summed E-state index contributed by atoms with van der Waals surface area (Å²) in [7, 11) is 0. The maximum atomic E-state index is 13.1. The van der Waals surface area contributed by atoms with Crippen molar-refractivity contribution in [1.82, 2.24) is 24.6 Å². The Bertz CT molecular complexity index is 1310. The van der Waals surface area contributed by atoms with Gasteiger partial charge in [0.1, 0.15) is 12.4 Å². The number of carbonyl (C=O) groups excluding carboxylic acids is 1. The quantitative estimate of drug-likeness (QED) is 0.451. The van der Waals surface area contributed by atoms with Crippen LogP contribution in [0.1, 0.15) is 16.8 Å². The van der Waals surface area contributed by atoms with Gasteiger partial charge in [-0.25, -0.2) is 14.1 Å². The Hall–Kier alpha value is -3.58. The summed E-state index contributed by atoms with van der Waals surface area (Å²) in [5.74, 6) is -0.172. The van der Waals surface area contributed by atoms with Gasteiger partial charge in [0.2, 0.25) is 5.91 Å². The molecular formula is C27H28FN5O. The van der Waals surface area contributed by atoms with E-state index in [-0.39, 0.29) is 18.3 Å². The number of piperazine rings is 1. The van der Waals surface area contributed by atoms with Crippen LogP contribution in [0.4, 0.5) is 4.39 Å².